The van der Waals surface area contributed by atoms with Gasteiger partial charge in [0, 0.05) is 31.1 Å². The van der Waals surface area contributed by atoms with E-state index in [1.165, 1.54) is 44.2 Å². The minimum Gasteiger partial charge on any atom is -0.207 e. The maximum absolute atomic E-state index is 13.6. The van der Waals surface area contributed by atoms with E-state index in [4.69, 9.17) is 0 Å². The monoisotopic (exact) mass is 532 g/mol. The number of aryl methyl sites for hydroxylation is 1. The van der Waals surface area contributed by atoms with Crippen LogP contribution in [0.4, 0.5) is 0 Å². The van der Waals surface area contributed by atoms with Crippen molar-refractivity contribution in [3.8, 4) is 0 Å². The van der Waals surface area contributed by atoms with Crippen molar-refractivity contribution in [1.29, 1.82) is 0 Å². The highest BCUT2D eigenvalue weighted by Gasteiger charge is 2.30. The lowest BCUT2D eigenvalue weighted by Gasteiger charge is -2.30. The molecule has 1 aliphatic carbocycles. The van der Waals surface area contributed by atoms with Gasteiger partial charge in [-0.2, -0.15) is 8.61 Å². The van der Waals surface area contributed by atoms with Crippen molar-refractivity contribution in [2.24, 2.45) is 0 Å². The maximum Gasteiger partial charge on any atom is 0.243 e. The Kier molecular flexibility index (Phi) is 8.12. The van der Waals surface area contributed by atoms with Crippen molar-refractivity contribution in [2.75, 3.05) is 7.05 Å². The molecule has 1 aromatic heterocycles. The normalized spacial score (nSPS) is 15.7. The number of rotatable bonds is 9. The zero-order valence-electron chi connectivity index (χ0n) is 20.1. The Hall–Kier alpha value is -2.04. The van der Waals surface area contributed by atoms with Crippen molar-refractivity contribution in [1.82, 2.24) is 8.61 Å². The Morgan fingerprint density at radius 2 is 1.40 bits per heavy atom. The SMILES string of the molecule is Cc1ccc(CN(Cc2cccs2)S(=O)(=O)c2ccc(S(=O)(=O)N(C)C3CCCCC3)cc2)cc1. The zero-order chi connectivity index (χ0) is 25.1. The molecule has 0 N–H and O–H groups in total. The number of hydrogen-bond donors (Lipinski definition) is 0. The molecular formula is C26H32N2O4S3. The third kappa shape index (κ3) is 6.03. The standard InChI is InChI=1S/C26H32N2O4S3/c1-21-10-12-22(13-11-21)19-28(20-24-9-6-18-33-24)35(31,32)26-16-14-25(15-17-26)34(29,30)27(2)23-7-4-3-5-8-23/h6,9-18,23H,3-5,7-8,19-20H2,1-2H3. The molecule has 0 unspecified atom stereocenters. The molecule has 1 saturated carbocycles. The predicted molar refractivity (Wildman–Crippen MR) is 140 cm³/mol. The highest BCUT2D eigenvalue weighted by molar-refractivity contribution is 7.89. The van der Waals surface area contributed by atoms with E-state index in [0.29, 0.717) is 0 Å². The third-order valence-electron chi connectivity index (χ3n) is 6.62. The lowest BCUT2D eigenvalue weighted by molar-refractivity contribution is 0.286. The molecule has 0 bridgehead atoms. The summed E-state index contributed by atoms with van der Waals surface area (Å²) in [7, 11) is -5.92. The second kappa shape index (κ2) is 10.9. The first-order valence-corrected chi connectivity index (χ1v) is 15.6. The quantitative estimate of drug-likeness (QED) is 0.370. The van der Waals surface area contributed by atoms with Gasteiger partial charge in [-0.15, -0.1) is 11.3 Å². The minimum absolute atomic E-state index is 0.00652. The van der Waals surface area contributed by atoms with Crippen LogP contribution < -0.4 is 0 Å². The molecule has 0 atom stereocenters. The second-order valence-corrected chi connectivity index (χ2v) is 14.1. The van der Waals surface area contributed by atoms with Crippen LogP contribution in [0.25, 0.3) is 0 Å². The summed E-state index contributed by atoms with van der Waals surface area (Å²) in [5, 5.41) is 1.93. The van der Waals surface area contributed by atoms with Crippen LogP contribution in [-0.4, -0.2) is 38.5 Å². The summed E-state index contributed by atoms with van der Waals surface area (Å²) in [5.41, 5.74) is 2.00. The zero-order valence-corrected chi connectivity index (χ0v) is 22.6. The Balaban J connectivity index is 1.59. The maximum atomic E-state index is 13.6. The van der Waals surface area contributed by atoms with Crippen LogP contribution >= 0.6 is 11.3 Å². The lowest BCUT2D eigenvalue weighted by atomic mass is 9.96. The van der Waals surface area contributed by atoms with Crippen LogP contribution in [0, 0.1) is 6.92 Å². The molecule has 0 saturated heterocycles. The Morgan fingerprint density at radius 3 is 1.97 bits per heavy atom. The van der Waals surface area contributed by atoms with E-state index < -0.39 is 20.0 Å². The van der Waals surface area contributed by atoms with Crippen LogP contribution in [0.15, 0.2) is 75.8 Å². The van der Waals surface area contributed by atoms with Gasteiger partial charge < -0.3 is 0 Å². The van der Waals surface area contributed by atoms with Gasteiger partial charge in [-0.1, -0.05) is 55.2 Å². The fourth-order valence-corrected chi connectivity index (χ4v) is 8.06. The number of sulfonamides is 2. The van der Waals surface area contributed by atoms with Gasteiger partial charge in [-0.25, -0.2) is 16.8 Å². The van der Waals surface area contributed by atoms with Gasteiger partial charge in [0.25, 0.3) is 0 Å². The summed E-state index contributed by atoms with van der Waals surface area (Å²) in [6.45, 7) is 2.47. The summed E-state index contributed by atoms with van der Waals surface area (Å²) < 4.78 is 56.5. The molecular weight excluding hydrogens is 500 g/mol. The van der Waals surface area contributed by atoms with E-state index in [1.807, 2.05) is 48.7 Å². The van der Waals surface area contributed by atoms with Crippen LogP contribution in [0.1, 0.15) is 48.1 Å². The van der Waals surface area contributed by atoms with E-state index in [1.54, 1.807) is 7.05 Å². The van der Waals surface area contributed by atoms with E-state index in [9.17, 15) is 16.8 Å². The van der Waals surface area contributed by atoms with Crippen molar-refractivity contribution in [2.45, 2.75) is 68.0 Å². The Labute approximate surface area is 213 Å². The molecule has 0 amide bonds. The molecule has 6 nitrogen and oxygen atoms in total. The van der Waals surface area contributed by atoms with Crippen LogP contribution in [0.5, 0.6) is 0 Å². The first-order chi connectivity index (χ1) is 16.7. The average Bonchev–Trinajstić information content (AvgIpc) is 3.38. The van der Waals surface area contributed by atoms with Crippen molar-refractivity contribution >= 4 is 31.4 Å². The molecule has 0 radical (unpaired) electrons. The highest BCUT2D eigenvalue weighted by atomic mass is 32.2. The Morgan fingerprint density at radius 1 is 0.800 bits per heavy atom. The van der Waals surface area contributed by atoms with Gasteiger partial charge in [0.2, 0.25) is 20.0 Å². The summed E-state index contributed by atoms with van der Waals surface area (Å²) in [4.78, 5) is 1.14. The molecule has 4 rings (SSSR count). The van der Waals surface area contributed by atoms with Gasteiger partial charge in [0.1, 0.15) is 0 Å². The molecule has 1 fully saturated rings. The summed E-state index contributed by atoms with van der Waals surface area (Å²) in [5.74, 6) is 0. The third-order valence-corrected chi connectivity index (χ3v) is 11.2. The molecule has 35 heavy (non-hydrogen) atoms. The smallest absolute Gasteiger partial charge is 0.207 e. The molecule has 1 heterocycles. The predicted octanol–water partition coefficient (Wildman–Crippen LogP) is 5.40. The molecule has 2 aromatic carbocycles. The van der Waals surface area contributed by atoms with Crippen molar-refractivity contribution in [3.05, 3.63) is 82.0 Å². The largest absolute Gasteiger partial charge is 0.243 e. The molecule has 9 heteroatoms. The average molecular weight is 533 g/mol. The molecule has 0 aliphatic heterocycles. The van der Waals surface area contributed by atoms with E-state index >= 15 is 0 Å². The summed E-state index contributed by atoms with van der Waals surface area (Å²) in [6.07, 6.45) is 4.92. The molecule has 0 spiro atoms. The Bertz CT molecular complexity index is 1310. The van der Waals surface area contributed by atoms with E-state index in [0.717, 1.165) is 48.1 Å². The van der Waals surface area contributed by atoms with Gasteiger partial charge in [0.05, 0.1) is 9.79 Å². The van der Waals surface area contributed by atoms with E-state index in [-0.39, 0.29) is 28.9 Å². The van der Waals surface area contributed by atoms with Gasteiger partial charge in [0.15, 0.2) is 0 Å². The van der Waals surface area contributed by atoms with E-state index in [2.05, 4.69) is 0 Å². The summed E-state index contributed by atoms with van der Waals surface area (Å²) >= 11 is 1.51. The van der Waals surface area contributed by atoms with Gasteiger partial charge in [-0.05, 0) is 61.0 Å². The van der Waals surface area contributed by atoms with Crippen molar-refractivity contribution < 1.29 is 16.8 Å². The van der Waals surface area contributed by atoms with Crippen LogP contribution in [0.2, 0.25) is 0 Å². The summed E-state index contributed by atoms with van der Waals surface area (Å²) in [6, 6.07) is 17.3. The molecule has 1 aliphatic rings. The minimum atomic E-state index is -3.86. The number of hydrogen-bond acceptors (Lipinski definition) is 5. The van der Waals surface area contributed by atoms with Crippen LogP contribution in [0.3, 0.4) is 0 Å². The van der Waals surface area contributed by atoms with Crippen LogP contribution in [-0.2, 0) is 33.1 Å². The van der Waals surface area contributed by atoms with Gasteiger partial charge >= 0.3 is 0 Å². The fourth-order valence-electron chi connectivity index (χ4n) is 4.44. The number of thiophene rings is 1. The first-order valence-electron chi connectivity index (χ1n) is 11.8. The number of nitrogens with zero attached hydrogens (tertiary/aromatic N) is 2. The first kappa shape index (κ1) is 26.0. The van der Waals surface area contributed by atoms with Crippen molar-refractivity contribution in [3.63, 3.8) is 0 Å². The highest BCUT2D eigenvalue weighted by Crippen LogP contribution is 2.28. The lowest BCUT2D eigenvalue weighted by Crippen LogP contribution is -2.38. The second-order valence-electron chi connectivity index (χ2n) is 9.12. The molecule has 188 valence electrons. The molecule has 3 aromatic rings. The van der Waals surface area contributed by atoms with Gasteiger partial charge in [-0.3, -0.25) is 0 Å². The topological polar surface area (TPSA) is 74.8 Å². The number of benzene rings is 2. The fraction of sp³-hybridized carbons (Fsp3) is 0.385.